The molecule has 1 aliphatic heterocycles. The van der Waals surface area contributed by atoms with E-state index in [2.05, 4.69) is 10.3 Å². The van der Waals surface area contributed by atoms with Crippen LogP contribution in [0.1, 0.15) is 30.5 Å². The molecule has 4 nitrogen and oxygen atoms in total. The molecular weight excluding hydrogens is 296 g/mol. The molecule has 1 N–H and O–H groups in total. The van der Waals surface area contributed by atoms with E-state index in [4.69, 9.17) is 0 Å². The minimum Gasteiger partial charge on any atom is -0.353 e. The lowest BCUT2D eigenvalue weighted by atomic mass is 10.0. The summed E-state index contributed by atoms with van der Waals surface area (Å²) in [5.74, 6) is -0.0322. The van der Waals surface area contributed by atoms with Crippen molar-refractivity contribution in [3.05, 3.63) is 16.1 Å². The first-order valence-electron chi connectivity index (χ1n) is 7.30. The average Bonchev–Trinajstić information content (AvgIpc) is 2.88. The van der Waals surface area contributed by atoms with Crippen LogP contribution in [0.25, 0.3) is 0 Å². The molecule has 1 aliphatic rings. The third-order valence-corrected chi connectivity index (χ3v) is 4.63. The second-order valence-corrected chi connectivity index (χ2v) is 6.24. The van der Waals surface area contributed by atoms with Gasteiger partial charge in [0, 0.05) is 24.5 Å². The Morgan fingerprint density at radius 2 is 2.24 bits per heavy atom. The summed E-state index contributed by atoms with van der Waals surface area (Å²) in [6, 6.07) is 0.0932. The van der Waals surface area contributed by atoms with Crippen molar-refractivity contribution in [2.45, 2.75) is 45.1 Å². The van der Waals surface area contributed by atoms with Crippen LogP contribution in [0, 0.1) is 0 Å². The molecule has 0 aromatic carbocycles. The summed E-state index contributed by atoms with van der Waals surface area (Å²) < 4.78 is 24.6. The Kier molecular flexibility index (Phi) is 6.05. The van der Waals surface area contributed by atoms with Crippen molar-refractivity contribution in [1.29, 1.82) is 0 Å². The zero-order valence-electron chi connectivity index (χ0n) is 12.1. The predicted octanol–water partition coefficient (Wildman–Crippen LogP) is 2.09. The number of hydrogen-bond donors (Lipinski definition) is 1. The van der Waals surface area contributed by atoms with Crippen LogP contribution >= 0.6 is 11.3 Å². The molecular formula is C14H21F2N3OS. The first-order chi connectivity index (χ1) is 10.1. The Balaban J connectivity index is 1.71. The largest absolute Gasteiger partial charge is 0.353 e. The zero-order valence-corrected chi connectivity index (χ0v) is 13.0. The van der Waals surface area contributed by atoms with Gasteiger partial charge < -0.3 is 5.32 Å². The minimum absolute atomic E-state index is 0.0322. The lowest BCUT2D eigenvalue weighted by Gasteiger charge is -2.31. The molecule has 0 saturated carbocycles. The number of alkyl halides is 2. The highest BCUT2D eigenvalue weighted by atomic mass is 32.1. The predicted molar refractivity (Wildman–Crippen MR) is 78.8 cm³/mol. The van der Waals surface area contributed by atoms with Crippen LogP contribution in [-0.2, 0) is 17.6 Å². The lowest BCUT2D eigenvalue weighted by Crippen LogP contribution is -2.46. The van der Waals surface area contributed by atoms with Gasteiger partial charge in [0.25, 0.3) is 6.43 Å². The molecule has 118 valence electrons. The van der Waals surface area contributed by atoms with E-state index in [1.54, 1.807) is 16.2 Å². The van der Waals surface area contributed by atoms with Gasteiger partial charge in [-0.25, -0.2) is 13.8 Å². The fourth-order valence-electron chi connectivity index (χ4n) is 2.49. The number of carbonyl (C=O) groups is 1. The molecule has 2 rings (SSSR count). The van der Waals surface area contributed by atoms with Gasteiger partial charge in [-0.15, -0.1) is 11.3 Å². The van der Waals surface area contributed by atoms with Crippen LogP contribution < -0.4 is 5.32 Å². The Bertz CT molecular complexity index is 459. The lowest BCUT2D eigenvalue weighted by molar-refractivity contribution is -0.121. The van der Waals surface area contributed by atoms with Crippen LogP contribution in [-0.4, -0.2) is 47.9 Å². The third-order valence-electron chi connectivity index (χ3n) is 3.59. The molecule has 0 atom stereocenters. The smallest absolute Gasteiger partial charge is 0.251 e. The Labute approximate surface area is 127 Å². The number of nitrogens with one attached hydrogen (secondary N) is 1. The minimum atomic E-state index is -2.28. The van der Waals surface area contributed by atoms with Gasteiger partial charge >= 0.3 is 0 Å². The Morgan fingerprint density at radius 3 is 2.81 bits per heavy atom. The molecule has 0 aliphatic carbocycles. The number of thiazole rings is 1. The average molecular weight is 317 g/mol. The maximum Gasteiger partial charge on any atom is 0.251 e. The van der Waals surface area contributed by atoms with Crippen molar-refractivity contribution < 1.29 is 13.6 Å². The number of aryl methyl sites for hydroxylation is 1. The van der Waals surface area contributed by atoms with Gasteiger partial charge in [-0.05, 0) is 19.3 Å². The van der Waals surface area contributed by atoms with Gasteiger partial charge in [0.2, 0.25) is 5.91 Å². The maximum absolute atomic E-state index is 12.3. The van der Waals surface area contributed by atoms with Crippen LogP contribution in [0.15, 0.2) is 5.38 Å². The monoisotopic (exact) mass is 317 g/mol. The molecule has 1 aromatic rings. The normalized spacial score (nSPS) is 17.3. The fraction of sp³-hybridized carbons (Fsp3) is 0.714. The van der Waals surface area contributed by atoms with Gasteiger partial charge in [0.15, 0.2) is 0 Å². The number of aromatic nitrogens is 1. The Hall–Kier alpha value is -1.08. The topological polar surface area (TPSA) is 45.2 Å². The number of hydrogen-bond acceptors (Lipinski definition) is 4. The van der Waals surface area contributed by atoms with Gasteiger partial charge in [-0.1, -0.05) is 6.92 Å². The summed E-state index contributed by atoms with van der Waals surface area (Å²) in [7, 11) is 0. The van der Waals surface area contributed by atoms with Crippen LogP contribution in [0.3, 0.4) is 0 Å². The molecule has 0 spiro atoms. The molecule has 21 heavy (non-hydrogen) atoms. The quantitative estimate of drug-likeness (QED) is 0.874. The summed E-state index contributed by atoms with van der Waals surface area (Å²) >= 11 is 1.57. The van der Waals surface area contributed by atoms with E-state index in [-0.39, 0.29) is 18.5 Å². The number of nitrogens with zero attached hydrogens (tertiary/aromatic N) is 2. The molecule has 1 fully saturated rings. The fourth-order valence-corrected chi connectivity index (χ4v) is 3.24. The molecule has 2 heterocycles. The van der Waals surface area contributed by atoms with E-state index in [1.807, 2.05) is 12.3 Å². The van der Waals surface area contributed by atoms with Crippen molar-refractivity contribution >= 4 is 17.2 Å². The van der Waals surface area contributed by atoms with Gasteiger partial charge in [-0.3, -0.25) is 9.69 Å². The van der Waals surface area contributed by atoms with E-state index in [9.17, 15) is 13.6 Å². The standard InChI is InChI=1S/C14H21F2N3OS/c1-2-14-18-11(9-21-14)7-13(20)17-10-3-5-19(6-4-10)8-12(15)16/h9-10,12H,2-8H2,1H3,(H,17,20). The summed E-state index contributed by atoms with van der Waals surface area (Å²) in [6.07, 6.45) is 0.363. The van der Waals surface area contributed by atoms with Crippen molar-refractivity contribution in [3.63, 3.8) is 0 Å². The summed E-state index contributed by atoms with van der Waals surface area (Å²) in [6.45, 7) is 3.10. The summed E-state index contributed by atoms with van der Waals surface area (Å²) in [5.41, 5.74) is 0.810. The second-order valence-electron chi connectivity index (χ2n) is 5.30. The zero-order chi connectivity index (χ0) is 15.2. The number of likely N-dealkylation sites (tertiary alicyclic amines) is 1. The first-order valence-corrected chi connectivity index (χ1v) is 8.18. The molecule has 0 unspecified atom stereocenters. The first kappa shape index (κ1) is 16.3. The van der Waals surface area contributed by atoms with E-state index in [0.29, 0.717) is 19.5 Å². The van der Waals surface area contributed by atoms with E-state index in [0.717, 1.165) is 30.0 Å². The van der Waals surface area contributed by atoms with Crippen molar-refractivity contribution in [1.82, 2.24) is 15.2 Å². The van der Waals surface area contributed by atoms with Crippen molar-refractivity contribution in [2.75, 3.05) is 19.6 Å². The van der Waals surface area contributed by atoms with E-state index >= 15 is 0 Å². The highest BCUT2D eigenvalue weighted by molar-refractivity contribution is 7.09. The highest BCUT2D eigenvalue weighted by Gasteiger charge is 2.22. The molecule has 0 radical (unpaired) electrons. The summed E-state index contributed by atoms with van der Waals surface area (Å²) in [4.78, 5) is 18.1. The second kappa shape index (κ2) is 7.79. The highest BCUT2D eigenvalue weighted by Crippen LogP contribution is 2.13. The van der Waals surface area contributed by atoms with Gasteiger partial charge in [0.1, 0.15) is 0 Å². The third kappa shape index (κ3) is 5.32. The van der Waals surface area contributed by atoms with Gasteiger partial charge in [0.05, 0.1) is 23.7 Å². The van der Waals surface area contributed by atoms with Crippen molar-refractivity contribution in [2.24, 2.45) is 0 Å². The number of halogens is 2. The van der Waals surface area contributed by atoms with E-state index < -0.39 is 6.43 Å². The number of piperidine rings is 1. The molecule has 1 amide bonds. The number of rotatable bonds is 6. The number of carbonyl (C=O) groups excluding carboxylic acids is 1. The van der Waals surface area contributed by atoms with Crippen molar-refractivity contribution in [3.8, 4) is 0 Å². The summed E-state index contributed by atoms with van der Waals surface area (Å²) in [5, 5.41) is 5.94. The van der Waals surface area contributed by atoms with Crippen LogP contribution in [0.2, 0.25) is 0 Å². The van der Waals surface area contributed by atoms with Crippen LogP contribution in [0.4, 0.5) is 8.78 Å². The molecule has 1 saturated heterocycles. The van der Waals surface area contributed by atoms with Gasteiger partial charge in [-0.2, -0.15) is 0 Å². The van der Waals surface area contributed by atoms with Crippen LogP contribution in [0.5, 0.6) is 0 Å². The van der Waals surface area contributed by atoms with E-state index in [1.165, 1.54) is 0 Å². The SMILES string of the molecule is CCc1nc(CC(=O)NC2CCN(CC(F)F)CC2)cs1. The molecule has 1 aromatic heterocycles. The Morgan fingerprint density at radius 1 is 1.52 bits per heavy atom. The molecule has 7 heteroatoms. The molecule has 0 bridgehead atoms. The maximum atomic E-state index is 12.3. The number of amides is 1.